The van der Waals surface area contributed by atoms with Crippen LogP contribution in [0, 0.1) is 13.8 Å². The van der Waals surface area contributed by atoms with E-state index in [0.29, 0.717) is 0 Å². The van der Waals surface area contributed by atoms with Gasteiger partial charge in [0.25, 0.3) is 0 Å². The Labute approximate surface area is 139 Å². The largest absolute Gasteiger partial charge is 0.203 e. The van der Waals surface area contributed by atoms with Crippen LogP contribution < -0.4 is 4.57 Å². The lowest BCUT2D eigenvalue weighted by atomic mass is 10.1. The predicted molar refractivity (Wildman–Crippen MR) is 97.2 cm³/mol. The first kappa shape index (κ1) is 19.2. The van der Waals surface area contributed by atoms with Crippen LogP contribution in [0.4, 0.5) is 0 Å². The van der Waals surface area contributed by atoms with Gasteiger partial charge >= 0.3 is 0 Å². The van der Waals surface area contributed by atoms with Gasteiger partial charge in [-0.25, -0.2) is 4.57 Å². The molecule has 0 atom stereocenters. The van der Waals surface area contributed by atoms with Gasteiger partial charge in [0.15, 0.2) is 11.9 Å². The molecule has 0 aromatic carbocycles. The number of nitrogens with zero attached hydrogens (tertiary/aromatic N) is 1. The second-order valence-corrected chi connectivity index (χ2v) is 6.93. The summed E-state index contributed by atoms with van der Waals surface area (Å²) in [4.78, 5) is 0. The van der Waals surface area contributed by atoms with Crippen molar-refractivity contribution in [1.82, 2.24) is 0 Å². The summed E-state index contributed by atoms with van der Waals surface area (Å²) in [7, 11) is 0. The first-order valence-electron chi connectivity index (χ1n) is 9.70. The number of pyridine rings is 1. The molecule has 126 valence electrons. The van der Waals surface area contributed by atoms with Crippen LogP contribution in [-0.4, -0.2) is 0 Å². The Hall–Kier alpha value is -0.850. The number of aryl methyl sites for hydroxylation is 3. The number of hydrogen-bond donors (Lipinski definition) is 0. The molecule has 1 aromatic heterocycles. The summed E-state index contributed by atoms with van der Waals surface area (Å²) in [6.07, 6.45) is 19.3. The van der Waals surface area contributed by atoms with Gasteiger partial charge in [0.2, 0.25) is 0 Å². The van der Waals surface area contributed by atoms with Crippen molar-refractivity contribution >= 4 is 0 Å². The molecule has 0 saturated carbocycles. The second kappa shape index (κ2) is 12.7. The van der Waals surface area contributed by atoms with E-state index in [-0.39, 0.29) is 0 Å². The van der Waals surface area contributed by atoms with E-state index in [0.717, 1.165) is 0 Å². The fourth-order valence-corrected chi connectivity index (χ4v) is 3.16. The van der Waals surface area contributed by atoms with Crippen molar-refractivity contribution in [2.75, 3.05) is 0 Å². The molecule has 1 heterocycles. The molecule has 0 aliphatic heterocycles. The molecule has 1 heteroatoms. The zero-order chi connectivity index (χ0) is 16.0. The maximum absolute atomic E-state index is 2.39. The quantitative estimate of drug-likeness (QED) is 0.298. The summed E-state index contributed by atoms with van der Waals surface area (Å²) in [5.41, 5.74) is 2.76. The Bertz CT molecular complexity index is 383. The third-order valence-electron chi connectivity index (χ3n) is 4.66. The molecule has 0 unspecified atom stereocenters. The molecule has 1 nitrogen and oxygen atoms in total. The number of hydrogen-bond acceptors (Lipinski definition) is 0. The summed E-state index contributed by atoms with van der Waals surface area (Å²) in [6, 6.07) is 4.49. The van der Waals surface area contributed by atoms with Crippen LogP contribution in [0.2, 0.25) is 0 Å². The van der Waals surface area contributed by atoms with Gasteiger partial charge in [-0.05, 0) is 18.9 Å². The minimum Gasteiger partial charge on any atom is -0.203 e. The van der Waals surface area contributed by atoms with Crippen LogP contribution >= 0.6 is 0 Å². The Kier molecular flexibility index (Phi) is 11.1. The third-order valence-corrected chi connectivity index (χ3v) is 4.66. The van der Waals surface area contributed by atoms with Crippen molar-refractivity contribution in [3.05, 3.63) is 29.6 Å². The summed E-state index contributed by atoms with van der Waals surface area (Å²) in [5, 5.41) is 0. The number of unbranched alkanes of at least 4 members (excludes halogenated alkanes) is 11. The lowest BCUT2D eigenvalue weighted by Crippen LogP contribution is -2.36. The molecule has 0 N–H and O–H groups in total. The van der Waals surface area contributed by atoms with Gasteiger partial charge in [-0.2, -0.15) is 0 Å². The first-order valence-corrected chi connectivity index (χ1v) is 9.70. The van der Waals surface area contributed by atoms with E-state index in [1.54, 1.807) is 0 Å². The molecule has 0 spiro atoms. The van der Waals surface area contributed by atoms with Crippen molar-refractivity contribution in [3.8, 4) is 0 Å². The van der Waals surface area contributed by atoms with Crippen molar-refractivity contribution in [3.63, 3.8) is 0 Å². The Morgan fingerprint density at radius 3 is 1.73 bits per heavy atom. The normalized spacial score (nSPS) is 11.0. The van der Waals surface area contributed by atoms with Crippen LogP contribution in [0.1, 0.15) is 95.2 Å². The van der Waals surface area contributed by atoms with Crippen LogP contribution in [0.15, 0.2) is 18.3 Å². The Morgan fingerprint density at radius 1 is 0.727 bits per heavy atom. The van der Waals surface area contributed by atoms with Gasteiger partial charge in [0.1, 0.15) is 6.54 Å². The minimum absolute atomic E-state index is 1.18. The first-order chi connectivity index (χ1) is 10.7. The maximum Gasteiger partial charge on any atom is 0.178 e. The van der Waals surface area contributed by atoms with E-state index in [9.17, 15) is 0 Å². The van der Waals surface area contributed by atoms with Crippen molar-refractivity contribution < 1.29 is 4.57 Å². The number of rotatable bonds is 13. The van der Waals surface area contributed by atoms with E-state index in [2.05, 4.69) is 43.7 Å². The summed E-state index contributed by atoms with van der Waals surface area (Å²) >= 11 is 0. The zero-order valence-corrected chi connectivity index (χ0v) is 15.4. The lowest BCUT2D eigenvalue weighted by molar-refractivity contribution is -0.703. The molecule has 0 aliphatic rings. The molecule has 0 saturated heterocycles. The average molecular weight is 305 g/mol. The maximum atomic E-state index is 2.39. The van der Waals surface area contributed by atoms with Gasteiger partial charge in [-0.15, -0.1) is 0 Å². The molecular weight excluding hydrogens is 266 g/mol. The predicted octanol–water partition coefficient (Wildman–Crippen LogP) is 6.29. The van der Waals surface area contributed by atoms with Gasteiger partial charge in [-0.1, -0.05) is 71.1 Å². The Balaban J connectivity index is 1.89. The summed E-state index contributed by atoms with van der Waals surface area (Å²) in [5.74, 6) is 0. The number of aromatic nitrogens is 1. The highest BCUT2D eigenvalue weighted by Crippen LogP contribution is 2.11. The smallest absolute Gasteiger partial charge is 0.178 e. The van der Waals surface area contributed by atoms with E-state index < -0.39 is 0 Å². The van der Waals surface area contributed by atoms with Crippen molar-refractivity contribution in [1.29, 1.82) is 0 Å². The highest BCUT2D eigenvalue weighted by molar-refractivity contribution is 5.08. The van der Waals surface area contributed by atoms with E-state index in [1.807, 2.05) is 0 Å². The molecule has 22 heavy (non-hydrogen) atoms. The lowest BCUT2D eigenvalue weighted by Gasteiger charge is -2.03. The summed E-state index contributed by atoms with van der Waals surface area (Å²) in [6.45, 7) is 7.86. The monoisotopic (exact) mass is 304 g/mol. The fraction of sp³-hybridized carbons (Fsp3) is 0.762. The molecule has 0 radical (unpaired) electrons. The standard InChI is InChI=1S/C21H38N/c1-4-5-6-7-8-9-10-11-12-13-14-15-17-22-18-16-20(2)19-21(22)3/h16,18-19H,4-15,17H2,1-3H3/q+1. The summed E-state index contributed by atoms with van der Waals surface area (Å²) < 4.78 is 2.39. The van der Waals surface area contributed by atoms with Gasteiger partial charge < -0.3 is 0 Å². The molecule has 0 fully saturated rings. The highest BCUT2D eigenvalue weighted by atomic mass is 14.9. The van der Waals surface area contributed by atoms with Gasteiger partial charge in [0.05, 0.1) is 0 Å². The van der Waals surface area contributed by atoms with Crippen molar-refractivity contribution in [2.45, 2.75) is 104 Å². The minimum atomic E-state index is 1.18. The zero-order valence-electron chi connectivity index (χ0n) is 15.4. The topological polar surface area (TPSA) is 3.88 Å². The van der Waals surface area contributed by atoms with Crippen molar-refractivity contribution in [2.24, 2.45) is 0 Å². The van der Waals surface area contributed by atoms with Crippen LogP contribution in [0.25, 0.3) is 0 Å². The van der Waals surface area contributed by atoms with Gasteiger partial charge in [-0.3, -0.25) is 0 Å². The van der Waals surface area contributed by atoms with Crippen LogP contribution in [0.5, 0.6) is 0 Å². The molecule has 0 bridgehead atoms. The molecule has 1 aromatic rings. The molecular formula is C21H38N+. The van der Waals surface area contributed by atoms with E-state index >= 15 is 0 Å². The third kappa shape index (κ3) is 9.23. The van der Waals surface area contributed by atoms with Gasteiger partial charge in [0, 0.05) is 25.5 Å². The van der Waals surface area contributed by atoms with E-state index in [1.165, 1.54) is 94.9 Å². The van der Waals surface area contributed by atoms with Crippen LogP contribution in [-0.2, 0) is 6.54 Å². The SMILES string of the molecule is CCCCCCCCCCCCCC[n+]1ccc(C)cc1C. The molecule has 0 aliphatic carbocycles. The second-order valence-electron chi connectivity index (χ2n) is 6.93. The van der Waals surface area contributed by atoms with E-state index in [4.69, 9.17) is 0 Å². The fourth-order valence-electron chi connectivity index (χ4n) is 3.16. The average Bonchev–Trinajstić information content (AvgIpc) is 2.50. The van der Waals surface area contributed by atoms with Crippen LogP contribution in [0.3, 0.4) is 0 Å². The Morgan fingerprint density at radius 2 is 1.23 bits per heavy atom. The highest BCUT2D eigenvalue weighted by Gasteiger charge is 2.04. The molecule has 0 amide bonds. The molecule has 1 rings (SSSR count).